The molecule has 1 aliphatic heterocycles. The van der Waals surface area contributed by atoms with Crippen molar-refractivity contribution in [2.24, 2.45) is 5.92 Å². The fourth-order valence-corrected chi connectivity index (χ4v) is 2.95. The van der Waals surface area contributed by atoms with E-state index in [9.17, 15) is 4.79 Å². The smallest absolute Gasteiger partial charge is 0.227 e. The van der Waals surface area contributed by atoms with Crippen LogP contribution in [-0.2, 0) is 4.79 Å². The predicted octanol–water partition coefficient (Wildman–Crippen LogP) is 3.51. The second-order valence-electron chi connectivity index (χ2n) is 4.16. The zero-order valence-corrected chi connectivity index (χ0v) is 12.2. The van der Waals surface area contributed by atoms with E-state index in [1.165, 1.54) is 0 Å². The third-order valence-corrected chi connectivity index (χ3v) is 4.28. The third-order valence-electron chi connectivity index (χ3n) is 2.87. The van der Waals surface area contributed by atoms with Crippen molar-refractivity contribution in [1.82, 2.24) is 0 Å². The van der Waals surface area contributed by atoms with E-state index in [4.69, 9.17) is 0 Å². The molecule has 0 aliphatic carbocycles. The maximum atomic E-state index is 11.9. The van der Waals surface area contributed by atoms with Crippen molar-refractivity contribution in [3.8, 4) is 0 Å². The molecule has 0 saturated carbocycles. The van der Waals surface area contributed by atoms with Gasteiger partial charge in [0.05, 0.1) is 0 Å². The molecule has 0 bridgehead atoms. The number of benzene rings is 1. The van der Waals surface area contributed by atoms with Crippen molar-refractivity contribution in [2.45, 2.75) is 13.3 Å². The summed E-state index contributed by atoms with van der Waals surface area (Å²) in [7, 11) is 0. The molecule has 0 radical (unpaired) electrons. The van der Waals surface area contributed by atoms with Gasteiger partial charge < -0.3 is 4.90 Å². The average Bonchev–Trinajstić information content (AvgIpc) is 2.60. The first-order chi connectivity index (χ1) is 7.61. The van der Waals surface area contributed by atoms with Crippen LogP contribution in [0.15, 0.2) is 22.7 Å². The summed E-state index contributed by atoms with van der Waals surface area (Å²) in [4.78, 5) is 13.8. The van der Waals surface area contributed by atoms with E-state index < -0.39 is 0 Å². The molecule has 1 heterocycles. The number of halogens is 2. The van der Waals surface area contributed by atoms with Crippen LogP contribution < -0.4 is 4.90 Å². The van der Waals surface area contributed by atoms with Crippen LogP contribution in [0.5, 0.6) is 0 Å². The highest BCUT2D eigenvalue weighted by Gasteiger charge is 2.30. The minimum Gasteiger partial charge on any atom is -0.312 e. The van der Waals surface area contributed by atoms with E-state index in [2.05, 4.69) is 31.9 Å². The number of anilines is 1. The lowest BCUT2D eigenvalue weighted by Crippen LogP contribution is -2.25. The molecule has 16 heavy (non-hydrogen) atoms. The molecule has 0 aromatic heterocycles. The second-order valence-corrected chi connectivity index (χ2v) is 5.72. The number of alkyl halides is 1. The lowest BCUT2D eigenvalue weighted by atomic mass is 10.1. The molecule has 86 valence electrons. The maximum Gasteiger partial charge on any atom is 0.227 e. The second kappa shape index (κ2) is 4.88. The fourth-order valence-electron chi connectivity index (χ4n) is 2.04. The zero-order chi connectivity index (χ0) is 11.7. The molecule has 2 nitrogen and oxygen atoms in total. The minimum atomic E-state index is 0.231. The van der Waals surface area contributed by atoms with Crippen molar-refractivity contribution < 1.29 is 4.79 Å². The van der Waals surface area contributed by atoms with Crippen LogP contribution in [0.1, 0.15) is 12.0 Å². The Kier molecular flexibility index (Phi) is 3.70. The van der Waals surface area contributed by atoms with E-state index in [0.29, 0.717) is 12.3 Å². The predicted molar refractivity (Wildman–Crippen MR) is 73.1 cm³/mol. The van der Waals surface area contributed by atoms with E-state index in [0.717, 1.165) is 27.6 Å². The van der Waals surface area contributed by atoms with Crippen LogP contribution in [0.4, 0.5) is 5.69 Å². The van der Waals surface area contributed by atoms with Gasteiger partial charge in [0.15, 0.2) is 0 Å². The van der Waals surface area contributed by atoms with Gasteiger partial charge in [-0.15, -0.1) is 0 Å². The number of carbonyl (C=O) groups is 1. The molecule has 1 aromatic rings. The monoisotopic (exact) mass is 345 g/mol. The first-order valence-electron chi connectivity index (χ1n) is 5.24. The summed E-state index contributed by atoms with van der Waals surface area (Å²) in [6.45, 7) is 2.86. The first kappa shape index (κ1) is 12.1. The van der Waals surface area contributed by atoms with Gasteiger partial charge in [0.25, 0.3) is 0 Å². The van der Waals surface area contributed by atoms with Crippen molar-refractivity contribution in [3.05, 3.63) is 28.2 Å². The molecule has 1 unspecified atom stereocenters. The van der Waals surface area contributed by atoms with Gasteiger partial charge in [-0.1, -0.05) is 31.9 Å². The van der Waals surface area contributed by atoms with Crippen LogP contribution in [0.2, 0.25) is 0 Å². The van der Waals surface area contributed by atoms with Gasteiger partial charge in [0.1, 0.15) is 0 Å². The highest BCUT2D eigenvalue weighted by Crippen LogP contribution is 2.30. The third kappa shape index (κ3) is 2.33. The summed E-state index contributed by atoms with van der Waals surface area (Å²) in [5.41, 5.74) is 2.18. The lowest BCUT2D eigenvalue weighted by Gasteiger charge is -2.19. The van der Waals surface area contributed by atoms with Crippen molar-refractivity contribution in [1.29, 1.82) is 0 Å². The Labute approximate surface area is 112 Å². The lowest BCUT2D eigenvalue weighted by molar-refractivity contribution is -0.117. The van der Waals surface area contributed by atoms with Crippen LogP contribution in [0, 0.1) is 12.8 Å². The van der Waals surface area contributed by atoms with Crippen molar-refractivity contribution in [2.75, 3.05) is 16.8 Å². The Bertz CT molecular complexity index is 419. The molecule has 2 rings (SSSR count). The van der Waals surface area contributed by atoms with Crippen LogP contribution in [0.25, 0.3) is 0 Å². The Morgan fingerprint density at radius 2 is 2.25 bits per heavy atom. The van der Waals surface area contributed by atoms with Gasteiger partial charge in [-0.2, -0.15) is 0 Å². The number of hydrogen-bond donors (Lipinski definition) is 0. The molecule has 1 aromatic carbocycles. The van der Waals surface area contributed by atoms with E-state index in [1.54, 1.807) is 0 Å². The average molecular weight is 347 g/mol. The number of amides is 1. The SMILES string of the molecule is Cc1cc(Br)ccc1N1CC(CBr)CC1=O. The van der Waals surface area contributed by atoms with Gasteiger partial charge in [-0.05, 0) is 36.6 Å². The molecule has 0 N–H and O–H groups in total. The van der Waals surface area contributed by atoms with E-state index >= 15 is 0 Å². The van der Waals surface area contributed by atoms with Gasteiger partial charge in [0, 0.05) is 28.5 Å². The molecule has 1 fully saturated rings. The standard InChI is InChI=1S/C12H13Br2NO/c1-8-4-10(14)2-3-11(8)15-7-9(6-13)5-12(15)16/h2-4,9H,5-7H2,1H3. The highest BCUT2D eigenvalue weighted by molar-refractivity contribution is 9.10. The topological polar surface area (TPSA) is 20.3 Å². The molecular formula is C12H13Br2NO. The first-order valence-corrected chi connectivity index (χ1v) is 7.15. The van der Waals surface area contributed by atoms with Crippen molar-refractivity contribution >= 4 is 43.5 Å². The highest BCUT2D eigenvalue weighted by atomic mass is 79.9. The van der Waals surface area contributed by atoms with E-state index in [-0.39, 0.29) is 5.91 Å². The summed E-state index contributed by atoms with van der Waals surface area (Å²) >= 11 is 6.88. The number of hydrogen-bond acceptors (Lipinski definition) is 1. The quantitative estimate of drug-likeness (QED) is 0.750. The number of carbonyl (C=O) groups excluding carboxylic acids is 1. The van der Waals surface area contributed by atoms with E-state index in [1.807, 2.05) is 30.0 Å². The summed E-state index contributed by atoms with van der Waals surface area (Å²) in [5.74, 6) is 0.672. The molecule has 0 spiro atoms. The Morgan fingerprint density at radius 3 is 2.81 bits per heavy atom. The fraction of sp³-hybridized carbons (Fsp3) is 0.417. The maximum absolute atomic E-state index is 11.9. The molecular weight excluding hydrogens is 334 g/mol. The van der Waals surface area contributed by atoms with Gasteiger partial charge in [0.2, 0.25) is 5.91 Å². The number of nitrogens with zero attached hydrogens (tertiary/aromatic N) is 1. The van der Waals surface area contributed by atoms with Crippen LogP contribution >= 0.6 is 31.9 Å². The van der Waals surface area contributed by atoms with Crippen molar-refractivity contribution in [3.63, 3.8) is 0 Å². The van der Waals surface area contributed by atoms with Gasteiger partial charge >= 0.3 is 0 Å². The largest absolute Gasteiger partial charge is 0.312 e. The van der Waals surface area contributed by atoms with Gasteiger partial charge in [-0.3, -0.25) is 4.79 Å². The molecule has 1 saturated heterocycles. The Hall–Kier alpha value is -0.350. The number of rotatable bonds is 2. The van der Waals surface area contributed by atoms with Crippen LogP contribution in [-0.4, -0.2) is 17.8 Å². The summed E-state index contributed by atoms with van der Waals surface area (Å²) in [6, 6.07) is 6.04. The summed E-state index contributed by atoms with van der Waals surface area (Å²) < 4.78 is 1.05. The summed E-state index contributed by atoms with van der Waals surface area (Å²) in [6.07, 6.45) is 0.654. The minimum absolute atomic E-state index is 0.231. The summed E-state index contributed by atoms with van der Waals surface area (Å²) in [5, 5.41) is 0.894. The molecule has 1 aliphatic rings. The van der Waals surface area contributed by atoms with Crippen LogP contribution in [0.3, 0.4) is 0 Å². The molecule has 4 heteroatoms. The number of aryl methyl sites for hydroxylation is 1. The molecule has 1 atom stereocenters. The Balaban J connectivity index is 2.28. The van der Waals surface area contributed by atoms with Gasteiger partial charge in [-0.25, -0.2) is 0 Å². The normalized spacial score (nSPS) is 20.6. The zero-order valence-electron chi connectivity index (χ0n) is 9.04. The molecule has 1 amide bonds. The Morgan fingerprint density at radius 1 is 1.50 bits per heavy atom.